The molecule has 1 aromatic heterocycles. The zero-order valence-corrected chi connectivity index (χ0v) is 8.62. The summed E-state index contributed by atoms with van der Waals surface area (Å²) in [4.78, 5) is 14.9. The third-order valence-corrected chi connectivity index (χ3v) is 2.64. The number of nitrogens with one attached hydrogen (secondary N) is 1. The number of rotatable bonds is 5. The highest BCUT2D eigenvalue weighted by Crippen LogP contribution is 2.27. The van der Waals surface area contributed by atoms with E-state index >= 15 is 0 Å². The molecule has 0 radical (unpaired) electrons. The first kappa shape index (κ1) is 11.6. The Hall–Kier alpha value is -1.44. The first-order valence-corrected chi connectivity index (χ1v) is 4.92. The van der Waals surface area contributed by atoms with Gasteiger partial charge in [-0.05, 0) is 0 Å². The monoisotopic (exact) mass is 229 g/mol. The first-order chi connectivity index (χ1) is 7.06. The molecule has 82 valence electrons. The second kappa shape index (κ2) is 4.39. The molecule has 1 aromatic rings. The second-order valence-electron chi connectivity index (χ2n) is 2.89. The topological polar surface area (TPSA) is 108 Å². The lowest BCUT2D eigenvalue weighted by atomic mass is 9.93. The Balaban J connectivity index is 3.19. The van der Waals surface area contributed by atoms with Gasteiger partial charge in [0, 0.05) is 11.8 Å². The molecule has 5 N–H and O–H groups in total. The third kappa shape index (κ3) is 1.99. The lowest BCUT2D eigenvalue weighted by Crippen LogP contribution is -2.47. The number of anilines is 1. The Kier molecular flexibility index (Phi) is 3.40. The number of aliphatic carboxylic acids is 1. The maximum atomic E-state index is 11.1. The largest absolute Gasteiger partial charge is 0.479 e. The van der Waals surface area contributed by atoms with Gasteiger partial charge >= 0.3 is 5.97 Å². The van der Waals surface area contributed by atoms with Crippen molar-refractivity contribution >= 4 is 22.4 Å². The number of hydrogen-bond donors (Lipinski definition) is 4. The SMILES string of the molecule is C=CCC(NO)(C(=O)O)c1csc(N)n1. The molecule has 0 aliphatic heterocycles. The minimum absolute atomic E-state index is 0.00199. The first-order valence-electron chi connectivity index (χ1n) is 4.04. The van der Waals surface area contributed by atoms with E-state index in [-0.39, 0.29) is 17.2 Å². The van der Waals surface area contributed by atoms with Crippen LogP contribution in [0, 0.1) is 0 Å². The van der Waals surface area contributed by atoms with E-state index in [1.807, 2.05) is 0 Å². The molecule has 15 heavy (non-hydrogen) atoms. The normalized spacial score (nSPS) is 14.5. The van der Waals surface area contributed by atoms with Gasteiger partial charge in [0.1, 0.15) is 0 Å². The summed E-state index contributed by atoms with van der Waals surface area (Å²) in [5.74, 6) is -1.24. The number of carboxylic acids is 1. The van der Waals surface area contributed by atoms with Crippen LogP contribution in [0.1, 0.15) is 12.1 Å². The standard InChI is InChI=1S/C8H11N3O3S/c1-2-3-8(11-14,6(12)13)5-4-15-7(9)10-5/h2,4,11,14H,1,3H2,(H2,9,10)(H,12,13). The summed E-state index contributed by atoms with van der Waals surface area (Å²) >= 11 is 1.11. The summed E-state index contributed by atoms with van der Waals surface area (Å²) < 4.78 is 0. The van der Waals surface area contributed by atoms with Gasteiger partial charge in [-0.25, -0.2) is 9.78 Å². The van der Waals surface area contributed by atoms with Crippen LogP contribution in [0.15, 0.2) is 18.0 Å². The van der Waals surface area contributed by atoms with Crippen LogP contribution in [0.25, 0.3) is 0 Å². The fraction of sp³-hybridized carbons (Fsp3) is 0.250. The molecule has 0 amide bonds. The maximum absolute atomic E-state index is 11.1. The van der Waals surface area contributed by atoms with E-state index in [0.717, 1.165) is 11.3 Å². The average Bonchev–Trinajstić information content (AvgIpc) is 2.61. The van der Waals surface area contributed by atoms with E-state index in [1.165, 1.54) is 11.5 Å². The van der Waals surface area contributed by atoms with Gasteiger partial charge in [-0.2, -0.15) is 5.48 Å². The molecule has 0 saturated carbocycles. The summed E-state index contributed by atoms with van der Waals surface area (Å²) in [6.45, 7) is 3.44. The number of nitrogens with two attached hydrogens (primary N) is 1. The van der Waals surface area contributed by atoms with E-state index in [0.29, 0.717) is 0 Å². The van der Waals surface area contributed by atoms with Crippen LogP contribution in [0.4, 0.5) is 5.13 Å². The van der Waals surface area contributed by atoms with Crippen LogP contribution in [0.3, 0.4) is 0 Å². The van der Waals surface area contributed by atoms with Crippen molar-refractivity contribution in [2.24, 2.45) is 0 Å². The van der Waals surface area contributed by atoms with Crippen molar-refractivity contribution < 1.29 is 15.1 Å². The maximum Gasteiger partial charge on any atom is 0.332 e. The molecular weight excluding hydrogens is 218 g/mol. The number of aromatic nitrogens is 1. The molecule has 1 heterocycles. The Labute approximate surface area is 90.0 Å². The van der Waals surface area contributed by atoms with Crippen molar-refractivity contribution in [1.82, 2.24) is 10.5 Å². The predicted octanol–water partition coefficient (Wildman–Crippen LogP) is 0.560. The third-order valence-electron chi connectivity index (χ3n) is 1.97. The van der Waals surface area contributed by atoms with Crippen molar-refractivity contribution in [3.8, 4) is 0 Å². The molecule has 1 atom stereocenters. The zero-order valence-electron chi connectivity index (χ0n) is 7.80. The van der Waals surface area contributed by atoms with Gasteiger partial charge in [-0.15, -0.1) is 17.9 Å². The van der Waals surface area contributed by atoms with Crippen molar-refractivity contribution in [3.63, 3.8) is 0 Å². The minimum Gasteiger partial charge on any atom is -0.479 e. The van der Waals surface area contributed by atoms with E-state index < -0.39 is 11.5 Å². The number of nitrogens with zero attached hydrogens (tertiary/aromatic N) is 1. The Bertz CT molecular complexity index is 379. The van der Waals surface area contributed by atoms with Gasteiger partial charge in [0.15, 0.2) is 10.7 Å². The van der Waals surface area contributed by atoms with Crippen LogP contribution >= 0.6 is 11.3 Å². The van der Waals surface area contributed by atoms with E-state index in [2.05, 4.69) is 11.6 Å². The smallest absolute Gasteiger partial charge is 0.332 e. The molecule has 1 unspecified atom stereocenters. The number of thiazole rings is 1. The van der Waals surface area contributed by atoms with Crippen LogP contribution in [0.5, 0.6) is 0 Å². The van der Waals surface area contributed by atoms with Gasteiger partial charge in [0.25, 0.3) is 0 Å². The molecule has 0 aromatic carbocycles. The zero-order chi connectivity index (χ0) is 11.5. The van der Waals surface area contributed by atoms with Crippen LogP contribution in [-0.2, 0) is 10.3 Å². The van der Waals surface area contributed by atoms with Crippen molar-refractivity contribution in [1.29, 1.82) is 0 Å². The van der Waals surface area contributed by atoms with E-state index in [9.17, 15) is 4.79 Å². The van der Waals surface area contributed by atoms with Gasteiger partial charge in [0.2, 0.25) is 0 Å². The predicted molar refractivity (Wildman–Crippen MR) is 55.6 cm³/mol. The van der Waals surface area contributed by atoms with Crippen molar-refractivity contribution in [3.05, 3.63) is 23.7 Å². The average molecular weight is 229 g/mol. The van der Waals surface area contributed by atoms with Crippen molar-refractivity contribution in [2.45, 2.75) is 12.0 Å². The number of hydrogen-bond acceptors (Lipinski definition) is 6. The molecule has 0 aliphatic carbocycles. The molecule has 1 rings (SSSR count). The lowest BCUT2D eigenvalue weighted by molar-refractivity contribution is -0.150. The Morgan fingerprint density at radius 1 is 1.87 bits per heavy atom. The second-order valence-corrected chi connectivity index (χ2v) is 3.78. The number of carboxylic acid groups (broad SMARTS) is 1. The fourth-order valence-corrected chi connectivity index (χ4v) is 1.79. The molecule has 0 fully saturated rings. The van der Waals surface area contributed by atoms with E-state index in [4.69, 9.17) is 16.0 Å². The Morgan fingerprint density at radius 3 is 2.87 bits per heavy atom. The highest BCUT2D eigenvalue weighted by atomic mass is 32.1. The van der Waals surface area contributed by atoms with Crippen LogP contribution in [-0.4, -0.2) is 21.3 Å². The summed E-state index contributed by atoms with van der Waals surface area (Å²) in [6, 6.07) is 0. The fourth-order valence-electron chi connectivity index (χ4n) is 1.15. The molecule has 0 bridgehead atoms. The van der Waals surface area contributed by atoms with Crippen molar-refractivity contribution in [2.75, 3.05) is 5.73 Å². The van der Waals surface area contributed by atoms with Gasteiger partial charge in [0.05, 0.1) is 5.69 Å². The van der Waals surface area contributed by atoms with Gasteiger partial charge in [-0.3, -0.25) is 0 Å². The van der Waals surface area contributed by atoms with E-state index in [1.54, 1.807) is 5.48 Å². The summed E-state index contributed by atoms with van der Waals surface area (Å²) in [7, 11) is 0. The summed E-state index contributed by atoms with van der Waals surface area (Å²) in [5, 5.41) is 19.8. The summed E-state index contributed by atoms with van der Waals surface area (Å²) in [5.41, 5.74) is 5.66. The minimum atomic E-state index is -1.67. The van der Waals surface area contributed by atoms with Gasteiger partial charge < -0.3 is 16.0 Å². The quantitative estimate of drug-likeness (QED) is 0.434. The highest BCUT2D eigenvalue weighted by Gasteiger charge is 2.41. The molecule has 0 saturated heterocycles. The number of carbonyl (C=O) groups is 1. The summed E-state index contributed by atoms with van der Waals surface area (Å²) in [6.07, 6.45) is 1.38. The lowest BCUT2D eigenvalue weighted by Gasteiger charge is -2.24. The highest BCUT2D eigenvalue weighted by molar-refractivity contribution is 7.13. The molecular formula is C8H11N3O3S. The number of nitrogen functional groups attached to an aromatic ring is 1. The number of hydroxylamine groups is 1. The van der Waals surface area contributed by atoms with Crippen LogP contribution < -0.4 is 11.2 Å². The molecule has 7 heteroatoms. The van der Waals surface area contributed by atoms with Crippen LogP contribution in [0.2, 0.25) is 0 Å². The Morgan fingerprint density at radius 2 is 2.53 bits per heavy atom. The molecule has 0 aliphatic rings. The van der Waals surface area contributed by atoms with Gasteiger partial charge in [-0.1, -0.05) is 6.08 Å². The molecule has 6 nitrogen and oxygen atoms in total. The molecule has 0 spiro atoms.